The van der Waals surface area contributed by atoms with E-state index < -0.39 is 6.04 Å². The largest absolute Gasteiger partial charge is 0.349 e. The van der Waals surface area contributed by atoms with Gasteiger partial charge >= 0.3 is 0 Å². The molecule has 1 amide bonds. The molecular formula is C12H20N4O. The van der Waals surface area contributed by atoms with Crippen LogP contribution in [0.25, 0.3) is 0 Å². The Morgan fingerprint density at radius 3 is 2.65 bits per heavy atom. The van der Waals surface area contributed by atoms with E-state index in [9.17, 15) is 4.79 Å². The minimum atomic E-state index is -0.451. The monoisotopic (exact) mass is 236 g/mol. The second-order valence-electron chi connectivity index (χ2n) is 4.60. The van der Waals surface area contributed by atoms with Gasteiger partial charge in [-0.2, -0.15) is 0 Å². The van der Waals surface area contributed by atoms with Gasteiger partial charge in [0.2, 0.25) is 5.91 Å². The van der Waals surface area contributed by atoms with Crippen LogP contribution in [0.15, 0.2) is 12.4 Å². The summed E-state index contributed by atoms with van der Waals surface area (Å²) in [4.78, 5) is 19.9. The van der Waals surface area contributed by atoms with E-state index in [0.717, 1.165) is 11.4 Å². The van der Waals surface area contributed by atoms with Gasteiger partial charge < -0.3 is 11.1 Å². The van der Waals surface area contributed by atoms with E-state index in [-0.39, 0.29) is 5.91 Å². The molecule has 0 saturated carbocycles. The molecule has 5 heteroatoms. The Labute approximate surface area is 102 Å². The smallest absolute Gasteiger partial charge is 0.237 e. The Bertz CT molecular complexity index is 361. The van der Waals surface area contributed by atoms with Gasteiger partial charge in [-0.05, 0) is 19.3 Å². The first-order valence-electron chi connectivity index (χ1n) is 5.80. The van der Waals surface area contributed by atoms with Crippen LogP contribution in [0.5, 0.6) is 0 Å². The van der Waals surface area contributed by atoms with Gasteiger partial charge in [0.1, 0.15) is 0 Å². The van der Waals surface area contributed by atoms with Crippen LogP contribution >= 0.6 is 0 Å². The van der Waals surface area contributed by atoms with Crippen molar-refractivity contribution < 1.29 is 4.79 Å². The van der Waals surface area contributed by atoms with Crippen LogP contribution in [-0.4, -0.2) is 21.9 Å². The maximum absolute atomic E-state index is 11.6. The topological polar surface area (TPSA) is 80.9 Å². The van der Waals surface area contributed by atoms with E-state index in [4.69, 9.17) is 5.73 Å². The lowest BCUT2D eigenvalue weighted by Gasteiger charge is -2.13. The maximum Gasteiger partial charge on any atom is 0.237 e. The highest BCUT2D eigenvalue weighted by Crippen LogP contribution is 2.02. The fourth-order valence-electron chi connectivity index (χ4n) is 1.43. The number of carbonyl (C=O) groups is 1. The molecule has 0 aromatic carbocycles. The summed E-state index contributed by atoms with van der Waals surface area (Å²) < 4.78 is 0. The van der Waals surface area contributed by atoms with Gasteiger partial charge in [0.15, 0.2) is 0 Å². The lowest BCUT2D eigenvalue weighted by atomic mass is 10.0. The van der Waals surface area contributed by atoms with E-state index >= 15 is 0 Å². The van der Waals surface area contributed by atoms with E-state index in [1.54, 1.807) is 12.4 Å². The standard InChI is InChI=1S/C12H20N4O/c1-8(2)4-11(13)12(17)16-7-10-6-14-9(3)5-15-10/h5-6,8,11H,4,7,13H2,1-3H3,(H,16,17)/t11-/m1/s1. The average molecular weight is 236 g/mol. The zero-order valence-corrected chi connectivity index (χ0v) is 10.6. The molecule has 0 aliphatic heterocycles. The summed E-state index contributed by atoms with van der Waals surface area (Å²) in [5, 5.41) is 2.76. The fraction of sp³-hybridized carbons (Fsp3) is 0.583. The number of aromatic nitrogens is 2. The molecule has 94 valence electrons. The van der Waals surface area contributed by atoms with E-state index in [2.05, 4.69) is 15.3 Å². The van der Waals surface area contributed by atoms with Crippen molar-refractivity contribution >= 4 is 5.91 Å². The van der Waals surface area contributed by atoms with Crippen molar-refractivity contribution in [2.24, 2.45) is 11.7 Å². The Balaban J connectivity index is 2.40. The Morgan fingerprint density at radius 1 is 1.41 bits per heavy atom. The minimum Gasteiger partial charge on any atom is -0.349 e. The highest BCUT2D eigenvalue weighted by Gasteiger charge is 2.14. The van der Waals surface area contributed by atoms with Crippen molar-refractivity contribution in [1.82, 2.24) is 15.3 Å². The molecular weight excluding hydrogens is 216 g/mol. The fourth-order valence-corrected chi connectivity index (χ4v) is 1.43. The molecule has 0 aliphatic rings. The molecule has 1 aromatic heterocycles. The van der Waals surface area contributed by atoms with Crippen LogP contribution in [-0.2, 0) is 11.3 Å². The van der Waals surface area contributed by atoms with Crippen LogP contribution < -0.4 is 11.1 Å². The highest BCUT2D eigenvalue weighted by atomic mass is 16.2. The zero-order valence-electron chi connectivity index (χ0n) is 10.6. The van der Waals surface area contributed by atoms with Crippen molar-refractivity contribution in [3.05, 3.63) is 23.8 Å². The van der Waals surface area contributed by atoms with Crippen LogP contribution in [0.2, 0.25) is 0 Å². The first kappa shape index (κ1) is 13.6. The number of nitrogens with zero attached hydrogens (tertiary/aromatic N) is 2. The molecule has 1 atom stereocenters. The minimum absolute atomic E-state index is 0.138. The molecule has 0 unspecified atom stereocenters. The van der Waals surface area contributed by atoms with Crippen molar-refractivity contribution in [1.29, 1.82) is 0 Å². The molecule has 1 aromatic rings. The second-order valence-corrected chi connectivity index (χ2v) is 4.60. The van der Waals surface area contributed by atoms with Gasteiger partial charge in [-0.25, -0.2) is 0 Å². The first-order chi connectivity index (χ1) is 7.99. The number of nitrogens with one attached hydrogen (secondary N) is 1. The molecule has 1 rings (SSSR count). The van der Waals surface area contributed by atoms with Gasteiger partial charge in [-0.15, -0.1) is 0 Å². The summed E-state index contributed by atoms with van der Waals surface area (Å²) in [6, 6.07) is -0.451. The van der Waals surface area contributed by atoms with Crippen LogP contribution in [0.1, 0.15) is 31.7 Å². The Hall–Kier alpha value is -1.49. The molecule has 0 spiro atoms. The van der Waals surface area contributed by atoms with Crippen LogP contribution in [0.4, 0.5) is 0 Å². The van der Waals surface area contributed by atoms with Crippen molar-refractivity contribution in [3.63, 3.8) is 0 Å². The molecule has 0 saturated heterocycles. The number of hydrogen-bond donors (Lipinski definition) is 2. The molecule has 0 radical (unpaired) electrons. The zero-order chi connectivity index (χ0) is 12.8. The lowest BCUT2D eigenvalue weighted by Crippen LogP contribution is -2.41. The number of amides is 1. The average Bonchev–Trinajstić information content (AvgIpc) is 2.27. The first-order valence-corrected chi connectivity index (χ1v) is 5.80. The SMILES string of the molecule is Cc1cnc(CNC(=O)[C@H](N)CC(C)C)cn1. The van der Waals surface area contributed by atoms with Gasteiger partial charge in [-0.1, -0.05) is 13.8 Å². The maximum atomic E-state index is 11.6. The normalized spacial score (nSPS) is 12.5. The van der Waals surface area contributed by atoms with Crippen LogP contribution in [0, 0.1) is 12.8 Å². The van der Waals surface area contributed by atoms with Gasteiger partial charge in [0.25, 0.3) is 0 Å². The summed E-state index contributed by atoms with van der Waals surface area (Å²) >= 11 is 0. The quantitative estimate of drug-likeness (QED) is 0.791. The number of hydrogen-bond acceptors (Lipinski definition) is 4. The lowest BCUT2D eigenvalue weighted by molar-refractivity contribution is -0.122. The van der Waals surface area contributed by atoms with E-state index in [1.807, 2.05) is 20.8 Å². The van der Waals surface area contributed by atoms with Crippen molar-refractivity contribution in [3.8, 4) is 0 Å². The van der Waals surface area contributed by atoms with Gasteiger partial charge in [-0.3, -0.25) is 14.8 Å². The molecule has 17 heavy (non-hydrogen) atoms. The van der Waals surface area contributed by atoms with E-state index in [0.29, 0.717) is 18.9 Å². The Kier molecular flexibility index (Phi) is 5.03. The Morgan fingerprint density at radius 2 is 2.12 bits per heavy atom. The summed E-state index contributed by atoms with van der Waals surface area (Å²) in [7, 11) is 0. The van der Waals surface area contributed by atoms with Crippen molar-refractivity contribution in [2.75, 3.05) is 0 Å². The summed E-state index contributed by atoms with van der Waals surface area (Å²) in [5.41, 5.74) is 7.35. The third-order valence-electron chi connectivity index (χ3n) is 2.34. The van der Waals surface area contributed by atoms with Gasteiger partial charge in [0, 0.05) is 6.20 Å². The van der Waals surface area contributed by atoms with Gasteiger partial charge in [0.05, 0.1) is 30.2 Å². The number of nitrogens with two attached hydrogens (primary N) is 1. The van der Waals surface area contributed by atoms with Crippen molar-refractivity contribution in [2.45, 2.75) is 39.8 Å². The molecule has 0 aliphatic carbocycles. The predicted octanol–water partition coefficient (Wildman–Crippen LogP) is 0.775. The predicted molar refractivity (Wildman–Crippen MR) is 66.0 cm³/mol. The molecule has 3 N–H and O–H groups in total. The molecule has 1 heterocycles. The van der Waals surface area contributed by atoms with E-state index in [1.165, 1.54) is 0 Å². The summed E-state index contributed by atoms with van der Waals surface area (Å²) in [6.45, 7) is 6.32. The molecule has 0 fully saturated rings. The number of carbonyl (C=O) groups excluding carboxylic acids is 1. The summed E-state index contributed by atoms with van der Waals surface area (Å²) in [6.07, 6.45) is 4.02. The molecule has 0 bridgehead atoms. The number of rotatable bonds is 5. The van der Waals surface area contributed by atoms with Crippen LogP contribution in [0.3, 0.4) is 0 Å². The second kappa shape index (κ2) is 6.30. The summed E-state index contributed by atoms with van der Waals surface area (Å²) in [5.74, 6) is 0.274. The third kappa shape index (κ3) is 4.91. The molecule has 5 nitrogen and oxygen atoms in total. The highest BCUT2D eigenvalue weighted by molar-refractivity contribution is 5.81. The number of aryl methyl sites for hydroxylation is 1. The third-order valence-corrected chi connectivity index (χ3v) is 2.34.